The molecule has 7 heteroatoms. The molecule has 0 aliphatic heterocycles. The number of hydrogen-bond donors (Lipinski definition) is 1. The summed E-state index contributed by atoms with van der Waals surface area (Å²) in [5, 5.41) is 4.23. The van der Waals surface area contributed by atoms with E-state index in [1.807, 2.05) is 13.0 Å². The van der Waals surface area contributed by atoms with Gasteiger partial charge in [0.25, 0.3) is 10.0 Å². The second-order valence-electron chi connectivity index (χ2n) is 4.53. The van der Waals surface area contributed by atoms with E-state index in [0.29, 0.717) is 17.7 Å². The molecule has 0 atom stereocenters. The summed E-state index contributed by atoms with van der Waals surface area (Å²) in [4.78, 5) is 0.262. The lowest BCUT2D eigenvalue weighted by Gasteiger charge is -2.10. The largest absolute Gasteiger partial charge is 0.276 e. The molecule has 0 amide bonds. The molecule has 0 saturated heterocycles. The topological polar surface area (TPSA) is 64.0 Å². The van der Waals surface area contributed by atoms with Gasteiger partial charge in [0.1, 0.15) is 0 Å². The molecule has 0 unspecified atom stereocenters. The van der Waals surface area contributed by atoms with Gasteiger partial charge in [-0.1, -0.05) is 28.9 Å². The van der Waals surface area contributed by atoms with Crippen LogP contribution < -0.4 is 4.72 Å². The van der Waals surface area contributed by atoms with E-state index in [-0.39, 0.29) is 4.90 Å². The van der Waals surface area contributed by atoms with E-state index < -0.39 is 10.0 Å². The van der Waals surface area contributed by atoms with Crippen molar-refractivity contribution in [2.75, 3.05) is 4.72 Å². The van der Waals surface area contributed by atoms with Crippen molar-refractivity contribution in [2.24, 2.45) is 7.05 Å². The van der Waals surface area contributed by atoms with Crippen molar-refractivity contribution in [1.29, 1.82) is 0 Å². The number of benzene rings is 1. The fraction of sp³-hybridized carbons (Fsp3) is 0.308. The summed E-state index contributed by atoms with van der Waals surface area (Å²) in [6.45, 7) is 3.70. The SMILES string of the molecule is CCc1nn(C)cc1NS(=O)(=O)c1cc(Br)ccc1C. The van der Waals surface area contributed by atoms with Gasteiger partial charge in [-0.3, -0.25) is 9.40 Å². The molecule has 0 aliphatic rings. The number of aromatic nitrogens is 2. The van der Waals surface area contributed by atoms with E-state index in [1.54, 1.807) is 37.0 Å². The molecule has 2 aromatic rings. The van der Waals surface area contributed by atoms with Crippen LogP contribution in [-0.2, 0) is 23.5 Å². The van der Waals surface area contributed by atoms with E-state index in [9.17, 15) is 8.42 Å². The van der Waals surface area contributed by atoms with Crippen LogP contribution in [0.5, 0.6) is 0 Å². The first-order valence-corrected chi connectivity index (χ1v) is 8.42. The molecular formula is C13H16BrN3O2S. The monoisotopic (exact) mass is 357 g/mol. The van der Waals surface area contributed by atoms with Gasteiger partial charge in [0.05, 0.1) is 16.3 Å². The lowest BCUT2D eigenvalue weighted by molar-refractivity contribution is 0.600. The Labute approximate surface area is 127 Å². The molecule has 1 aromatic carbocycles. The molecule has 20 heavy (non-hydrogen) atoms. The summed E-state index contributed by atoms with van der Waals surface area (Å²) in [6.07, 6.45) is 2.33. The molecule has 2 rings (SSSR count). The molecule has 1 heterocycles. The highest BCUT2D eigenvalue weighted by atomic mass is 79.9. The third-order valence-corrected chi connectivity index (χ3v) is 4.92. The van der Waals surface area contributed by atoms with Gasteiger partial charge < -0.3 is 0 Å². The molecular weight excluding hydrogens is 342 g/mol. The van der Waals surface area contributed by atoms with Crippen LogP contribution >= 0.6 is 15.9 Å². The van der Waals surface area contributed by atoms with E-state index in [2.05, 4.69) is 25.8 Å². The van der Waals surface area contributed by atoms with Gasteiger partial charge in [0.2, 0.25) is 0 Å². The fourth-order valence-corrected chi connectivity index (χ4v) is 3.80. The highest BCUT2D eigenvalue weighted by Crippen LogP contribution is 2.24. The predicted molar refractivity (Wildman–Crippen MR) is 82.3 cm³/mol. The number of nitrogens with one attached hydrogen (secondary N) is 1. The second-order valence-corrected chi connectivity index (χ2v) is 7.10. The zero-order valence-corrected chi connectivity index (χ0v) is 13.9. The van der Waals surface area contributed by atoms with E-state index in [4.69, 9.17) is 0 Å². The van der Waals surface area contributed by atoms with Gasteiger partial charge in [-0.05, 0) is 31.0 Å². The Morgan fingerprint density at radius 3 is 2.75 bits per heavy atom. The summed E-state index contributed by atoms with van der Waals surface area (Å²) in [5.41, 5.74) is 1.95. The predicted octanol–water partition coefficient (Wildman–Crippen LogP) is 2.85. The molecule has 1 N–H and O–H groups in total. The standard InChI is InChI=1S/C13H16BrN3O2S/c1-4-11-12(8-17(3)15-11)16-20(18,19)13-7-10(14)6-5-9(13)2/h5-8,16H,4H2,1-3H3. The van der Waals surface area contributed by atoms with Crippen LogP contribution in [0.4, 0.5) is 5.69 Å². The smallest absolute Gasteiger partial charge is 0.262 e. The van der Waals surface area contributed by atoms with Crippen LogP contribution in [0.1, 0.15) is 18.2 Å². The van der Waals surface area contributed by atoms with Crippen molar-refractivity contribution >= 4 is 31.6 Å². The van der Waals surface area contributed by atoms with Crippen LogP contribution in [0.15, 0.2) is 33.8 Å². The third kappa shape index (κ3) is 3.04. The number of hydrogen-bond acceptors (Lipinski definition) is 3. The first kappa shape index (κ1) is 15.1. The lowest BCUT2D eigenvalue weighted by atomic mass is 10.2. The minimum Gasteiger partial charge on any atom is -0.276 e. The summed E-state index contributed by atoms with van der Waals surface area (Å²) in [6, 6.07) is 5.18. The maximum Gasteiger partial charge on any atom is 0.262 e. The van der Waals surface area contributed by atoms with Crippen LogP contribution in [-0.4, -0.2) is 18.2 Å². The van der Waals surface area contributed by atoms with Gasteiger partial charge in [0, 0.05) is 17.7 Å². The van der Waals surface area contributed by atoms with Crippen LogP contribution in [0, 0.1) is 6.92 Å². The first-order chi connectivity index (χ1) is 9.33. The van der Waals surface area contributed by atoms with Crippen molar-refractivity contribution in [3.63, 3.8) is 0 Å². The summed E-state index contributed by atoms with van der Waals surface area (Å²) in [5.74, 6) is 0. The highest BCUT2D eigenvalue weighted by molar-refractivity contribution is 9.10. The van der Waals surface area contributed by atoms with E-state index in [0.717, 1.165) is 10.2 Å². The number of nitrogens with zero attached hydrogens (tertiary/aromatic N) is 2. The summed E-state index contributed by atoms with van der Waals surface area (Å²) in [7, 11) is -1.85. The van der Waals surface area contributed by atoms with Gasteiger partial charge in [-0.2, -0.15) is 5.10 Å². The van der Waals surface area contributed by atoms with Crippen molar-refractivity contribution in [2.45, 2.75) is 25.2 Å². The van der Waals surface area contributed by atoms with Gasteiger partial charge in [-0.25, -0.2) is 8.42 Å². The molecule has 0 fully saturated rings. The minimum absolute atomic E-state index is 0.262. The zero-order valence-electron chi connectivity index (χ0n) is 11.5. The summed E-state index contributed by atoms with van der Waals surface area (Å²) < 4.78 is 29.9. The quantitative estimate of drug-likeness (QED) is 0.914. The number of rotatable bonds is 4. The summed E-state index contributed by atoms with van der Waals surface area (Å²) >= 11 is 3.30. The molecule has 5 nitrogen and oxygen atoms in total. The first-order valence-electron chi connectivity index (χ1n) is 6.15. The van der Waals surface area contributed by atoms with Gasteiger partial charge >= 0.3 is 0 Å². The van der Waals surface area contributed by atoms with Crippen molar-refractivity contribution in [3.8, 4) is 0 Å². The van der Waals surface area contributed by atoms with Crippen molar-refractivity contribution in [3.05, 3.63) is 40.1 Å². The molecule has 0 saturated carbocycles. The Morgan fingerprint density at radius 1 is 1.40 bits per heavy atom. The van der Waals surface area contributed by atoms with Crippen molar-refractivity contribution < 1.29 is 8.42 Å². The number of anilines is 1. The molecule has 1 aromatic heterocycles. The highest BCUT2D eigenvalue weighted by Gasteiger charge is 2.19. The Hall–Kier alpha value is -1.34. The number of aryl methyl sites for hydroxylation is 3. The third-order valence-electron chi connectivity index (χ3n) is 2.92. The lowest BCUT2D eigenvalue weighted by Crippen LogP contribution is -2.15. The van der Waals surface area contributed by atoms with Crippen LogP contribution in [0.25, 0.3) is 0 Å². The molecule has 0 spiro atoms. The zero-order chi connectivity index (χ0) is 14.9. The van der Waals surface area contributed by atoms with E-state index in [1.165, 1.54) is 0 Å². The molecule has 0 bridgehead atoms. The Kier molecular flexibility index (Phi) is 4.19. The molecule has 108 valence electrons. The Morgan fingerprint density at radius 2 is 2.10 bits per heavy atom. The van der Waals surface area contributed by atoms with Gasteiger partial charge in [0.15, 0.2) is 0 Å². The maximum atomic E-state index is 12.5. The Balaban J connectivity index is 2.43. The van der Waals surface area contributed by atoms with Crippen LogP contribution in [0.3, 0.4) is 0 Å². The Bertz CT molecular complexity index is 738. The average Bonchev–Trinajstić information content (AvgIpc) is 2.71. The van der Waals surface area contributed by atoms with Gasteiger partial charge in [-0.15, -0.1) is 0 Å². The average molecular weight is 358 g/mol. The molecule has 0 aliphatic carbocycles. The minimum atomic E-state index is -3.62. The normalized spacial score (nSPS) is 11.6. The van der Waals surface area contributed by atoms with Crippen molar-refractivity contribution in [1.82, 2.24) is 9.78 Å². The molecule has 0 radical (unpaired) electrons. The number of sulfonamides is 1. The van der Waals surface area contributed by atoms with Crippen LogP contribution in [0.2, 0.25) is 0 Å². The maximum absolute atomic E-state index is 12.5. The second kappa shape index (κ2) is 5.57. The fourth-order valence-electron chi connectivity index (χ4n) is 1.94. The number of halogens is 1. The van der Waals surface area contributed by atoms with E-state index >= 15 is 0 Å².